The van der Waals surface area contributed by atoms with Crippen LogP contribution in [0, 0.1) is 0 Å². The molecule has 1 aromatic rings. The lowest BCUT2D eigenvalue weighted by molar-refractivity contribution is 0.903. The Balaban J connectivity index is 2.47. The zero-order chi connectivity index (χ0) is 8.39. The summed E-state index contributed by atoms with van der Waals surface area (Å²) in [4.78, 5) is 0. The van der Waals surface area contributed by atoms with Crippen LogP contribution >= 0.6 is 15.9 Å². The van der Waals surface area contributed by atoms with Crippen LogP contribution in [-0.2, 0) is 0 Å². The number of fused-ring (bicyclic) bond motifs is 1. The highest BCUT2D eigenvalue weighted by molar-refractivity contribution is 9.10. The average Bonchev–Trinajstić information content (AvgIpc) is 2.28. The molecule has 0 fully saturated rings. The van der Waals surface area contributed by atoms with E-state index in [1.807, 2.05) is 12.1 Å². The quantitative estimate of drug-likeness (QED) is 0.708. The van der Waals surface area contributed by atoms with Gasteiger partial charge in [-0.05, 0) is 23.8 Å². The summed E-state index contributed by atoms with van der Waals surface area (Å²) in [6.07, 6.45) is 4.19. The van der Waals surface area contributed by atoms with Gasteiger partial charge in [-0.25, -0.2) is 5.43 Å². The molecular weight excluding hydrogens is 216 g/mol. The standard InChI is InChI=1S/C9H9BrN2/c10-8-3-4-9-7(6-8)2-1-5-11-12-9/h1-4,6,11-12H,5H2. The van der Waals surface area contributed by atoms with Crippen LogP contribution < -0.4 is 10.9 Å². The van der Waals surface area contributed by atoms with E-state index in [0.29, 0.717) is 0 Å². The van der Waals surface area contributed by atoms with Crippen LogP contribution in [0.3, 0.4) is 0 Å². The maximum atomic E-state index is 3.43. The molecule has 1 aliphatic rings. The summed E-state index contributed by atoms with van der Waals surface area (Å²) < 4.78 is 1.11. The van der Waals surface area contributed by atoms with Crippen LogP contribution in [0.5, 0.6) is 0 Å². The Morgan fingerprint density at radius 2 is 2.25 bits per heavy atom. The molecule has 2 nitrogen and oxygen atoms in total. The summed E-state index contributed by atoms with van der Waals surface area (Å²) >= 11 is 3.43. The molecule has 1 aliphatic heterocycles. The van der Waals surface area contributed by atoms with Crippen molar-refractivity contribution in [2.75, 3.05) is 12.0 Å². The van der Waals surface area contributed by atoms with Gasteiger partial charge in [0.15, 0.2) is 0 Å². The van der Waals surface area contributed by atoms with Crippen LogP contribution in [0.1, 0.15) is 5.56 Å². The van der Waals surface area contributed by atoms with Gasteiger partial charge in [0, 0.05) is 11.0 Å². The molecule has 3 heteroatoms. The van der Waals surface area contributed by atoms with Crippen LogP contribution in [0.4, 0.5) is 5.69 Å². The summed E-state index contributed by atoms with van der Waals surface area (Å²) in [7, 11) is 0. The predicted octanol–water partition coefficient (Wildman–Crippen LogP) is 2.39. The smallest absolute Gasteiger partial charge is 0.0560 e. The lowest BCUT2D eigenvalue weighted by Gasteiger charge is -2.06. The van der Waals surface area contributed by atoms with Crippen molar-refractivity contribution in [3.8, 4) is 0 Å². The van der Waals surface area contributed by atoms with E-state index in [4.69, 9.17) is 0 Å². The summed E-state index contributed by atoms with van der Waals surface area (Å²) in [5.41, 5.74) is 8.51. The Labute approximate surface area is 79.8 Å². The highest BCUT2D eigenvalue weighted by Crippen LogP contribution is 2.22. The summed E-state index contributed by atoms with van der Waals surface area (Å²) in [6, 6.07) is 6.15. The van der Waals surface area contributed by atoms with Crippen molar-refractivity contribution in [2.24, 2.45) is 0 Å². The van der Waals surface area contributed by atoms with Gasteiger partial charge in [-0.2, -0.15) is 0 Å². The molecule has 0 unspecified atom stereocenters. The van der Waals surface area contributed by atoms with Gasteiger partial charge < -0.3 is 5.43 Å². The fourth-order valence-corrected chi connectivity index (χ4v) is 1.56. The molecule has 0 aliphatic carbocycles. The van der Waals surface area contributed by atoms with E-state index in [1.165, 1.54) is 5.56 Å². The highest BCUT2D eigenvalue weighted by atomic mass is 79.9. The second kappa shape index (κ2) is 3.29. The first-order chi connectivity index (χ1) is 5.86. The molecule has 0 bridgehead atoms. The van der Waals surface area contributed by atoms with Crippen molar-refractivity contribution >= 4 is 27.7 Å². The monoisotopic (exact) mass is 224 g/mol. The van der Waals surface area contributed by atoms with E-state index in [9.17, 15) is 0 Å². The van der Waals surface area contributed by atoms with Gasteiger partial charge in [0.25, 0.3) is 0 Å². The van der Waals surface area contributed by atoms with Crippen LogP contribution in [0.25, 0.3) is 6.08 Å². The Morgan fingerprint density at radius 3 is 3.17 bits per heavy atom. The minimum atomic E-state index is 0.853. The van der Waals surface area contributed by atoms with Gasteiger partial charge in [-0.3, -0.25) is 0 Å². The maximum absolute atomic E-state index is 3.43. The second-order valence-electron chi connectivity index (χ2n) is 2.64. The lowest BCUT2D eigenvalue weighted by Crippen LogP contribution is -2.20. The van der Waals surface area contributed by atoms with Gasteiger partial charge in [0.2, 0.25) is 0 Å². The van der Waals surface area contributed by atoms with Gasteiger partial charge in [0.1, 0.15) is 0 Å². The Morgan fingerprint density at radius 1 is 1.33 bits per heavy atom. The Bertz CT molecular complexity index is 320. The second-order valence-corrected chi connectivity index (χ2v) is 3.56. The minimum absolute atomic E-state index is 0.853. The number of rotatable bonds is 0. The third-order valence-corrected chi connectivity index (χ3v) is 2.25. The van der Waals surface area contributed by atoms with E-state index < -0.39 is 0 Å². The molecule has 0 atom stereocenters. The van der Waals surface area contributed by atoms with E-state index in [1.54, 1.807) is 0 Å². The number of hydrogen-bond donors (Lipinski definition) is 2. The molecule has 0 radical (unpaired) electrons. The lowest BCUT2D eigenvalue weighted by atomic mass is 10.2. The number of hydrogen-bond acceptors (Lipinski definition) is 2. The largest absolute Gasteiger partial charge is 0.321 e. The third-order valence-electron chi connectivity index (χ3n) is 1.75. The van der Waals surface area contributed by atoms with Crippen LogP contribution in [0.2, 0.25) is 0 Å². The fourth-order valence-electron chi connectivity index (χ4n) is 1.18. The molecule has 2 N–H and O–H groups in total. The van der Waals surface area contributed by atoms with E-state index >= 15 is 0 Å². The number of hydrazine groups is 1. The first-order valence-electron chi connectivity index (χ1n) is 3.81. The minimum Gasteiger partial charge on any atom is -0.321 e. The van der Waals surface area contributed by atoms with Crippen LogP contribution in [-0.4, -0.2) is 6.54 Å². The molecule has 1 heterocycles. The zero-order valence-electron chi connectivity index (χ0n) is 6.47. The number of nitrogens with one attached hydrogen (secondary N) is 2. The van der Waals surface area contributed by atoms with E-state index in [0.717, 1.165) is 16.7 Å². The maximum Gasteiger partial charge on any atom is 0.0560 e. The number of benzene rings is 1. The molecule has 2 rings (SSSR count). The van der Waals surface area contributed by atoms with E-state index in [-0.39, 0.29) is 0 Å². The van der Waals surface area contributed by atoms with E-state index in [2.05, 4.69) is 45.0 Å². The van der Waals surface area contributed by atoms with Gasteiger partial charge in [-0.15, -0.1) is 0 Å². The summed E-state index contributed by atoms with van der Waals surface area (Å²) in [5, 5.41) is 0. The molecule has 0 saturated heterocycles. The average molecular weight is 225 g/mol. The van der Waals surface area contributed by atoms with Crippen molar-refractivity contribution in [2.45, 2.75) is 0 Å². The fraction of sp³-hybridized carbons (Fsp3) is 0.111. The number of anilines is 1. The van der Waals surface area contributed by atoms with Crippen LogP contribution in [0.15, 0.2) is 28.7 Å². The summed E-state index contributed by atoms with van der Waals surface area (Å²) in [6.45, 7) is 0.853. The SMILES string of the molecule is Brc1ccc2c(c1)C=CCNN2. The third kappa shape index (κ3) is 1.52. The topological polar surface area (TPSA) is 24.1 Å². The van der Waals surface area contributed by atoms with Gasteiger partial charge in [0.05, 0.1) is 5.69 Å². The molecule has 0 spiro atoms. The molecule has 62 valence electrons. The van der Waals surface area contributed by atoms with Crippen molar-refractivity contribution in [3.63, 3.8) is 0 Å². The van der Waals surface area contributed by atoms with Crippen molar-refractivity contribution in [1.82, 2.24) is 5.43 Å². The Kier molecular flexibility index (Phi) is 2.15. The molecule has 1 aromatic carbocycles. The van der Waals surface area contributed by atoms with Gasteiger partial charge in [-0.1, -0.05) is 28.1 Å². The summed E-state index contributed by atoms with van der Waals surface area (Å²) in [5.74, 6) is 0. The molecule has 0 saturated carbocycles. The zero-order valence-corrected chi connectivity index (χ0v) is 8.06. The normalized spacial score (nSPS) is 14.8. The highest BCUT2D eigenvalue weighted by Gasteiger charge is 2.01. The number of halogens is 1. The first kappa shape index (κ1) is 7.83. The molecule has 0 aromatic heterocycles. The molecular formula is C9H9BrN2. The van der Waals surface area contributed by atoms with Crippen molar-refractivity contribution in [1.29, 1.82) is 0 Å². The Hall–Kier alpha value is -0.800. The molecule has 12 heavy (non-hydrogen) atoms. The first-order valence-corrected chi connectivity index (χ1v) is 4.60. The van der Waals surface area contributed by atoms with Crippen molar-refractivity contribution < 1.29 is 0 Å². The molecule has 0 amide bonds. The van der Waals surface area contributed by atoms with Gasteiger partial charge >= 0.3 is 0 Å². The predicted molar refractivity (Wildman–Crippen MR) is 54.8 cm³/mol. The van der Waals surface area contributed by atoms with Crippen molar-refractivity contribution in [3.05, 3.63) is 34.3 Å².